The van der Waals surface area contributed by atoms with Crippen LogP contribution in [0.25, 0.3) is 0 Å². The predicted octanol–water partition coefficient (Wildman–Crippen LogP) is 3.28. The Morgan fingerprint density at radius 1 is 1.14 bits per heavy atom. The molecule has 2 unspecified atom stereocenters. The predicted molar refractivity (Wildman–Crippen MR) is 75.9 cm³/mol. The monoisotopic (exact) mass is 298 g/mol. The van der Waals surface area contributed by atoms with Gasteiger partial charge in [0.2, 0.25) is 0 Å². The van der Waals surface area contributed by atoms with Crippen LogP contribution in [-0.4, -0.2) is 30.6 Å². The van der Waals surface area contributed by atoms with Crippen LogP contribution in [0.2, 0.25) is 0 Å². The number of benzene rings is 1. The van der Waals surface area contributed by atoms with Crippen LogP contribution in [0.15, 0.2) is 24.3 Å². The molecule has 0 aliphatic carbocycles. The molecule has 1 aromatic rings. The Morgan fingerprint density at radius 3 is 2.62 bits per heavy atom. The van der Waals surface area contributed by atoms with Crippen molar-refractivity contribution in [2.75, 3.05) is 19.6 Å². The summed E-state index contributed by atoms with van der Waals surface area (Å²) in [6, 6.07) is 6.22. The van der Waals surface area contributed by atoms with Crippen molar-refractivity contribution < 1.29 is 13.2 Å². The Kier molecular flexibility index (Phi) is 4.22. The highest BCUT2D eigenvalue weighted by Crippen LogP contribution is 2.30. The standard InChI is InChI=1S/C16H21F3N2/c17-16(18,19)14-5-3-12(4-6-14)10-21-9-7-15-13(11-21)2-1-8-20-15/h3-6,13,15,20H,1-2,7-11H2. The SMILES string of the molecule is FC(F)(F)c1ccc(CN2CCC3NCCCC3C2)cc1. The number of nitrogens with zero attached hydrogens (tertiary/aromatic N) is 1. The van der Waals surface area contributed by atoms with E-state index in [1.54, 1.807) is 12.1 Å². The normalized spacial score (nSPS) is 27.4. The molecule has 2 aliphatic heterocycles. The molecule has 116 valence electrons. The van der Waals surface area contributed by atoms with Crippen LogP contribution in [-0.2, 0) is 12.7 Å². The van der Waals surface area contributed by atoms with Crippen molar-refractivity contribution in [3.8, 4) is 0 Å². The second kappa shape index (κ2) is 5.97. The Bertz CT molecular complexity index is 469. The fraction of sp³-hybridized carbons (Fsp3) is 0.625. The van der Waals surface area contributed by atoms with Crippen LogP contribution in [0.1, 0.15) is 30.4 Å². The number of fused-ring (bicyclic) bond motifs is 1. The van der Waals surface area contributed by atoms with Crippen LogP contribution in [0, 0.1) is 5.92 Å². The summed E-state index contributed by atoms with van der Waals surface area (Å²) in [5, 5.41) is 3.58. The molecular weight excluding hydrogens is 277 g/mol. The van der Waals surface area contributed by atoms with Crippen LogP contribution in [0.3, 0.4) is 0 Å². The van der Waals surface area contributed by atoms with Crippen molar-refractivity contribution in [3.63, 3.8) is 0 Å². The largest absolute Gasteiger partial charge is 0.416 e. The van der Waals surface area contributed by atoms with Gasteiger partial charge < -0.3 is 5.32 Å². The number of likely N-dealkylation sites (tertiary alicyclic amines) is 1. The molecule has 0 saturated carbocycles. The molecule has 2 fully saturated rings. The quantitative estimate of drug-likeness (QED) is 0.901. The van der Waals surface area contributed by atoms with E-state index in [-0.39, 0.29) is 0 Å². The third-order valence-electron chi connectivity index (χ3n) is 4.66. The van der Waals surface area contributed by atoms with E-state index in [0.717, 1.165) is 38.2 Å². The minimum atomic E-state index is -4.25. The molecule has 3 rings (SSSR count). The van der Waals surface area contributed by atoms with Gasteiger partial charge in [-0.25, -0.2) is 0 Å². The van der Waals surface area contributed by atoms with Crippen molar-refractivity contribution in [2.24, 2.45) is 5.92 Å². The smallest absolute Gasteiger partial charge is 0.314 e. The molecule has 1 aromatic carbocycles. The van der Waals surface area contributed by atoms with Crippen LogP contribution in [0.4, 0.5) is 13.2 Å². The van der Waals surface area contributed by atoms with Crippen LogP contribution >= 0.6 is 0 Å². The first-order chi connectivity index (χ1) is 10.0. The van der Waals surface area contributed by atoms with Crippen molar-refractivity contribution in [3.05, 3.63) is 35.4 Å². The summed E-state index contributed by atoms with van der Waals surface area (Å²) < 4.78 is 37.6. The van der Waals surface area contributed by atoms with E-state index in [1.807, 2.05) is 0 Å². The minimum Gasteiger partial charge on any atom is -0.314 e. The topological polar surface area (TPSA) is 15.3 Å². The molecule has 2 atom stereocenters. The zero-order valence-electron chi connectivity index (χ0n) is 12.0. The van der Waals surface area contributed by atoms with E-state index >= 15 is 0 Å². The Hall–Kier alpha value is -1.07. The highest BCUT2D eigenvalue weighted by molar-refractivity contribution is 5.24. The molecule has 0 spiro atoms. The second-order valence-electron chi connectivity index (χ2n) is 6.18. The van der Waals surface area contributed by atoms with Gasteiger partial charge in [-0.15, -0.1) is 0 Å². The van der Waals surface area contributed by atoms with Gasteiger partial charge in [-0.2, -0.15) is 13.2 Å². The molecule has 5 heteroatoms. The van der Waals surface area contributed by atoms with Gasteiger partial charge in [0.05, 0.1) is 5.56 Å². The first-order valence-corrected chi connectivity index (χ1v) is 7.64. The molecule has 2 aliphatic rings. The average molecular weight is 298 g/mol. The van der Waals surface area contributed by atoms with Crippen molar-refractivity contribution in [1.29, 1.82) is 0 Å². The summed E-state index contributed by atoms with van der Waals surface area (Å²) in [5.41, 5.74) is 0.395. The molecule has 0 aromatic heterocycles. The highest BCUT2D eigenvalue weighted by atomic mass is 19.4. The summed E-state index contributed by atoms with van der Waals surface area (Å²) in [6.45, 7) is 3.95. The second-order valence-corrected chi connectivity index (χ2v) is 6.18. The van der Waals surface area contributed by atoms with E-state index in [2.05, 4.69) is 10.2 Å². The molecule has 0 bridgehead atoms. The molecule has 2 saturated heterocycles. The van der Waals surface area contributed by atoms with Gasteiger partial charge in [0, 0.05) is 19.1 Å². The van der Waals surface area contributed by atoms with Gasteiger partial charge in [-0.1, -0.05) is 12.1 Å². The minimum absolute atomic E-state index is 0.568. The Morgan fingerprint density at radius 2 is 1.90 bits per heavy atom. The van der Waals surface area contributed by atoms with Gasteiger partial charge >= 0.3 is 6.18 Å². The molecule has 0 radical (unpaired) electrons. The maximum Gasteiger partial charge on any atom is 0.416 e. The summed E-state index contributed by atoms with van der Waals surface area (Å²) >= 11 is 0. The maximum absolute atomic E-state index is 12.5. The number of rotatable bonds is 2. The number of piperidine rings is 2. The molecule has 2 nitrogen and oxygen atoms in total. The fourth-order valence-electron chi connectivity index (χ4n) is 3.52. The fourth-order valence-corrected chi connectivity index (χ4v) is 3.52. The lowest BCUT2D eigenvalue weighted by Gasteiger charge is -2.41. The van der Waals surface area contributed by atoms with E-state index < -0.39 is 11.7 Å². The third kappa shape index (κ3) is 3.58. The van der Waals surface area contributed by atoms with Gasteiger partial charge in [-0.05, 0) is 56.0 Å². The molecular formula is C16H21F3N2. The van der Waals surface area contributed by atoms with E-state index in [9.17, 15) is 13.2 Å². The van der Waals surface area contributed by atoms with Crippen molar-refractivity contribution >= 4 is 0 Å². The van der Waals surface area contributed by atoms with Crippen molar-refractivity contribution in [2.45, 2.75) is 38.0 Å². The molecule has 2 heterocycles. The highest BCUT2D eigenvalue weighted by Gasteiger charge is 2.32. The summed E-state index contributed by atoms with van der Waals surface area (Å²) in [5.74, 6) is 0.696. The summed E-state index contributed by atoms with van der Waals surface area (Å²) in [4.78, 5) is 2.37. The van der Waals surface area contributed by atoms with E-state index in [0.29, 0.717) is 12.0 Å². The van der Waals surface area contributed by atoms with Crippen molar-refractivity contribution in [1.82, 2.24) is 10.2 Å². The number of halogens is 3. The average Bonchev–Trinajstić information content (AvgIpc) is 2.47. The lowest BCUT2D eigenvalue weighted by molar-refractivity contribution is -0.137. The maximum atomic E-state index is 12.5. The zero-order valence-corrected chi connectivity index (χ0v) is 12.0. The van der Waals surface area contributed by atoms with Crippen LogP contribution < -0.4 is 5.32 Å². The molecule has 1 N–H and O–H groups in total. The van der Waals surface area contributed by atoms with Gasteiger partial charge in [0.1, 0.15) is 0 Å². The molecule has 0 amide bonds. The summed E-state index contributed by atoms with van der Waals surface area (Å²) in [7, 11) is 0. The first kappa shape index (κ1) is 14.9. The van der Waals surface area contributed by atoms with Gasteiger partial charge in [-0.3, -0.25) is 4.90 Å². The number of hydrogen-bond donors (Lipinski definition) is 1. The number of nitrogens with one attached hydrogen (secondary N) is 1. The van der Waals surface area contributed by atoms with E-state index in [4.69, 9.17) is 0 Å². The Balaban J connectivity index is 1.59. The number of hydrogen-bond acceptors (Lipinski definition) is 2. The van der Waals surface area contributed by atoms with Gasteiger partial charge in [0.25, 0.3) is 0 Å². The number of alkyl halides is 3. The third-order valence-corrected chi connectivity index (χ3v) is 4.66. The first-order valence-electron chi connectivity index (χ1n) is 7.64. The van der Waals surface area contributed by atoms with E-state index in [1.165, 1.54) is 25.0 Å². The van der Waals surface area contributed by atoms with Crippen LogP contribution in [0.5, 0.6) is 0 Å². The lowest BCUT2D eigenvalue weighted by Crippen LogP contribution is -2.51. The molecule has 21 heavy (non-hydrogen) atoms. The summed E-state index contributed by atoms with van der Waals surface area (Å²) in [6.07, 6.45) is -0.605. The lowest BCUT2D eigenvalue weighted by atomic mass is 9.85. The zero-order chi connectivity index (χ0) is 14.9. The van der Waals surface area contributed by atoms with Gasteiger partial charge in [0.15, 0.2) is 0 Å². The Labute approximate surface area is 123 Å².